The van der Waals surface area contributed by atoms with Crippen molar-refractivity contribution in [3.05, 3.63) is 59.5 Å². The molecule has 0 bridgehead atoms. The molecule has 0 spiro atoms. The second-order valence-corrected chi connectivity index (χ2v) is 9.47. The molecule has 1 atom stereocenters. The highest BCUT2D eigenvalue weighted by Crippen LogP contribution is 2.34. The lowest BCUT2D eigenvalue weighted by Crippen LogP contribution is -2.28. The van der Waals surface area contributed by atoms with E-state index in [9.17, 15) is 4.79 Å². The maximum absolute atomic E-state index is 12.9. The van der Waals surface area contributed by atoms with Crippen molar-refractivity contribution in [1.82, 2.24) is 15.2 Å². The third-order valence-electron chi connectivity index (χ3n) is 4.30. The first kappa shape index (κ1) is 19.2. The summed E-state index contributed by atoms with van der Waals surface area (Å²) in [6.07, 6.45) is 4.21. The molecular weight excluding hydrogens is 412 g/mol. The zero-order chi connectivity index (χ0) is 19.5. The fourth-order valence-corrected chi connectivity index (χ4v) is 5.18. The Morgan fingerprint density at radius 3 is 2.71 bits per heavy atom. The Kier molecular flexibility index (Phi) is 5.84. The zero-order valence-corrected chi connectivity index (χ0v) is 17.8. The molecule has 0 N–H and O–H groups in total. The Morgan fingerprint density at radius 2 is 2.04 bits per heavy atom. The fraction of sp³-hybridized carbons (Fsp3) is 0.263. The molecule has 1 amide bonds. The molecule has 0 radical (unpaired) electrons. The molecule has 9 heteroatoms. The van der Waals surface area contributed by atoms with Crippen LogP contribution in [0.2, 0.25) is 0 Å². The maximum atomic E-state index is 12.9. The summed E-state index contributed by atoms with van der Waals surface area (Å²) in [6.45, 7) is 2.05. The Balaban J connectivity index is 1.53. The minimum absolute atomic E-state index is 0.0746. The smallest absolute Gasteiger partial charge is 0.253 e. The molecule has 0 saturated carbocycles. The summed E-state index contributed by atoms with van der Waals surface area (Å²) in [5, 5.41) is 14.4. The number of hydrazone groups is 1. The van der Waals surface area contributed by atoms with Gasteiger partial charge in [0.15, 0.2) is 8.68 Å². The number of nitrogens with zero attached hydrogens (tertiary/aromatic N) is 4. The van der Waals surface area contributed by atoms with Crippen LogP contribution >= 0.6 is 34.9 Å². The van der Waals surface area contributed by atoms with Crippen LogP contribution in [0.3, 0.4) is 0 Å². The highest BCUT2D eigenvalue weighted by Gasteiger charge is 2.34. The highest BCUT2D eigenvalue weighted by molar-refractivity contribution is 8.03. The number of aryl methyl sites for hydroxylation is 1. The van der Waals surface area contributed by atoms with Crippen molar-refractivity contribution in [2.24, 2.45) is 5.10 Å². The lowest BCUT2D eigenvalue weighted by Gasteiger charge is -2.19. The van der Waals surface area contributed by atoms with E-state index in [0.717, 1.165) is 25.7 Å². The molecule has 144 valence electrons. The molecular formula is C19H18N4O2S3. The number of benzene rings is 1. The van der Waals surface area contributed by atoms with E-state index in [-0.39, 0.29) is 17.7 Å². The molecule has 2 aromatic heterocycles. The number of furan rings is 1. The van der Waals surface area contributed by atoms with Crippen molar-refractivity contribution in [2.45, 2.75) is 28.1 Å². The molecule has 1 aliphatic rings. The molecule has 1 aromatic carbocycles. The van der Waals surface area contributed by atoms with Crippen LogP contribution in [0.15, 0.2) is 60.9 Å². The van der Waals surface area contributed by atoms with Gasteiger partial charge in [0.25, 0.3) is 5.91 Å². The van der Waals surface area contributed by atoms with Gasteiger partial charge in [-0.3, -0.25) is 4.79 Å². The average Bonchev–Trinajstić information content (AvgIpc) is 3.46. The first-order valence-electron chi connectivity index (χ1n) is 8.64. The van der Waals surface area contributed by atoms with E-state index >= 15 is 0 Å². The van der Waals surface area contributed by atoms with Crippen LogP contribution in [0.25, 0.3) is 0 Å². The minimum Gasteiger partial charge on any atom is -0.467 e. The van der Waals surface area contributed by atoms with Gasteiger partial charge in [-0.25, -0.2) is 5.01 Å². The van der Waals surface area contributed by atoms with E-state index in [2.05, 4.69) is 34.4 Å². The summed E-state index contributed by atoms with van der Waals surface area (Å²) in [7, 11) is 0. The molecule has 3 heterocycles. The Hall–Kier alpha value is -2.10. The monoisotopic (exact) mass is 430 g/mol. The minimum atomic E-state index is -0.226. The van der Waals surface area contributed by atoms with Crippen molar-refractivity contribution in [1.29, 1.82) is 0 Å². The predicted octanol–water partition coefficient (Wildman–Crippen LogP) is 4.63. The highest BCUT2D eigenvalue weighted by atomic mass is 32.2. The largest absolute Gasteiger partial charge is 0.467 e. The molecule has 3 aromatic rings. The number of thioether (sulfide) groups is 2. The first-order valence-corrected chi connectivity index (χ1v) is 11.7. The summed E-state index contributed by atoms with van der Waals surface area (Å²) < 4.78 is 7.26. The topological polar surface area (TPSA) is 71.6 Å². The van der Waals surface area contributed by atoms with Gasteiger partial charge < -0.3 is 4.42 Å². The fourth-order valence-electron chi connectivity index (χ4n) is 2.89. The Bertz CT molecular complexity index is 983. The first-order chi connectivity index (χ1) is 13.6. The molecule has 28 heavy (non-hydrogen) atoms. The maximum Gasteiger partial charge on any atom is 0.253 e. The summed E-state index contributed by atoms with van der Waals surface area (Å²) in [5.74, 6) is 0.921. The number of rotatable bonds is 6. The second-order valence-electron chi connectivity index (χ2n) is 6.21. The van der Waals surface area contributed by atoms with Gasteiger partial charge in [0.2, 0.25) is 0 Å². The van der Waals surface area contributed by atoms with E-state index in [1.54, 1.807) is 23.0 Å². The van der Waals surface area contributed by atoms with Gasteiger partial charge in [0, 0.05) is 6.42 Å². The van der Waals surface area contributed by atoms with Crippen molar-refractivity contribution in [3.63, 3.8) is 0 Å². The molecule has 0 fully saturated rings. The molecule has 6 nitrogen and oxygen atoms in total. The van der Waals surface area contributed by atoms with Crippen LogP contribution in [0, 0.1) is 6.92 Å². The van der Waals surface area contributed by atoms with Crippen LogP contribution in [0.5, 0.6) is 0 Å². The number of hydrogen-bond donors (Lipinski definition) is 0. The SMILES string of the molecule is CSc1nnc(SCC(=O)N2N=C(c3ccc(C)cc3)CC2c2ccco2)s1. The summed E-state index contributed by atoms with van der Waals surface area (Å²) in [5.41, 5.74) is 3.11. The molecule has 4 rings (SSSR count). The Morgan fingerprint density at radius 1 is 1.25 bits per heavy atom. The van der Waals surface area contributed by atoms with Crippen molar-refractivity contribution >= 4 is 46.5 Å². The number of amides is 1. The lowest BCUT2D eigenvalue weighted by atomic mass is 10.0. The van der Waals surface area contributed by atoms with E-state index in [1.807, 2.05) is 30.5 Å². The van der Waals surface area contributed by atoms with Gasteiger partial charge >= 0.3 is 0 Å². The van der Waals surface area contributed by atoms with Crippen LogP contribution in [-0.4, -0.2) is 38.8 Å². The third kappa shape index (κ3) is 4.16. The van der Waals surface area contributed by atoms with Gasteiger partial charge in [-0.1, -0.05) is 64.7 Å². The van der Waals surface area contributed by atoms with Crippen LogP contribution in [0.4, 0.5) is 0 Å². The van der Waals surface area contributed by atoms with Gasteiger partial charge in [-0.05, 0) is 30.9 Å². The standard InChI is InChI=1S/C19H18N4O2S3/c1-12-5-7-13(8-6-12)14-10-15(16-4-3-9-25-16)23(22-14)17(24)11-27-19-21-20-18(26-2)28-19/h3-9,15H,10-11H2,1-2H3. The number of carbonyl (C=O) groups is 1. The zero-order valence-electron chi connectivity index (χ0n) is 15.4. The van der Waals surface area contributed by atoms with Crippen molar-refractivity contribution in [2.75, 3.05) is 12.0 Å². The normalized spacial score (nSPS) is 16.4. The number of carbonyl (C=O) groups excluding carboxylic acids is 1. The average molecular weight is 431 g/mol. The van der Waals surface area contributed by atoms with Gasteiger partial charge in [-0.2, -0.15) is 5.10 Å². The summed E-state index contributed by atoms with van der Waals surface area (Å²) in [6, 6.07) is 11.7. The second kappa shape index (κ2) is 8.50. The van der Waals surface area contributed by atoms with Gasteiger partial charge in [-0.15, -0.1) is 10.2 Å². The van der Waals surface area contributed by atoms with Crippen LogP contribution in [0.1, 0.15) is 29.3 Å². The van der Waals surface area contributed by atoms with E-state index in [0.29, 0.717) is 6.42 Å². The quantitative estimate of drug-likeness (QED) is 0.531. The van der Waals surface area contributed by atoms with Crippen molar-refractivity contribution in [3.8, 4) is 0 Å². The lowest BCUT2D eigenvalue weighted by molar-refractivity contribution is -0.130. The Labute approximate surface area is 175 Å². The van der Waals surface area contributed by atoms with E-state index in [4.69, 9.17) is 4.42 Å². The van der Waals surface area contributed by atoms with Crippen molar-refractivity contribution < 1.29 is 9.21 Å². The molecule has 0 aliphatic carbocycles. The molecule has 0 saturated heterocycles. The summed E-state index contributed by atoms with van der Waals surface area (Å²) >= 11 is 4.43. The van der Waals surface area contributed by atoms with Gasteiger partial charge in [0.05, 0.1) is 17.7 Å². The van der Waals surface area contributed by atoms with E-state index in [1.165, 1.54) is 28.7 Å². The predicted molar refractivity (Wildman–Crippen MR) is 113 cm³/mol. The summed E-state index contributed by atoms with van der Waals surface area (Å²) in [4.78, 5) is 12.9. The van der Waals surface area contributed by atoms with Crippen LogP contribution < -0.4 is 0 Å². The van der Waals surface area contributed by atoms with Crippen LogP contribution in [-0.2, 0) is 4.79 Å². The third-order valence-corrected chi connectivity index (χ3v) is 7.32. The van der Waals surface area contributed by atoms with Gasteiger partial charge in [0.1, 0.15) is 11.8 Å². The number of aromatic nitrogens is 2. The number of hydrogen-bond acceptors (Lipinski definition) is 8. The molecule has 1 unspecified atom stereocenters. The molecule has 1 aliphatic heterocycles. The van der Waals surface area contributed by atoms with E-state index < -0.39 is 0 Å².